The molecule has 16 heavy (non-hydrogen) atoms. The van der Waals surface area contributed by atoms with Crippen molar-refractivity contribution in [2.45, 2.75) is 45.1 Å². The molecule has 0 radical (unpaired) electrons. The van der Waals surface area contributed by atoms with Gasteiger partial charge in [0.2, 0.25) is 0 Å². The van der Waals surface area contributed by atoms with Crippen molar-refractivity contribution in [2.24, 2.45) is 0 Å². The number of fused-ring (bicyclic) bond motifs is 1. The van der Waals surface area contributed by atoms with Crippen LogP contribution in [0.1, 0.15) is 38.8 Å². The first-order valence-electron chi connectivity index (χ1n) is 5.77. The maximum atomic E-state index is 9.37. The zero-order valence-electron chi connectivity index (χ0n) is 10.5. The summed E-state index contributed by atoms with van der Waals surface area (Å²) in [4.78, 5) is 0. The van der Waals surface area contributed by atoms with Gasteiger partial charge in [-0.15, -0.1) is 0 Å². The molecular formula is C14H20O2. The molecule has 1 heterocycles. The Morgan fingerprint density at radius 2 is 2.06 bits per heavy atom. The minimum atomic E-state index is -0.179. The van der Waals surface area contributed by atoms with E-state index in [1.807, 2.05) is 6.07 Å². The molecular weight excluding hydrogens is 200 g/mol. The summed E-state index contributed by atoms with van der Waals surface area (Å²) in [6.45, 7) is 8.47. The fourth-order valence-electron chi connectivity index (χ4n) is 2.12. The van der Waals surface area contributed by atoms with Crippen LogP contribution < -0.4 is 4.74 Å². The van der Waals surface area contributed by atoms with Gasteiger partial charge < -0.3 is 9.84 Å². The molecule has 0 saturated heterocycles. The molecule has 2 heteroatoms. The average Bonchev–Trinajstić information content (AvgIpc) is 2.50. The van der Waals surface area contributed by atoms with Gasteiger partial charge in [0.15, 0.2) is 0 Å². The van der Waals surface area contributed by atoms with E-state index in [1.54, 1.807) is 0 Å². The molecule has 1 aliphatic heterocycles. The molecule has 0 amide bonds. The van der Waals surface area contributed by atoms with E-state index in [-0.39, 0.29) is 17.6 Å². The first-order valence-corrected chi connectivity index (χ1v) is 5.77. The van der Waals surface area contributed by atoms with Crippen LogP contribution in [0.4, 0.5) is 0 Å². The Labute approximate surface area is 97.3 Å². The van der Waals surface area contributed by atoms with Crippen molar-refractivity contribution in [1.82, 2.24) is 0 Å². The van der Waals surface area contributed by atoms with Gasteiger partial charge >= 0.3 is 0 Å². The molecule has 0 aromatic heterocycles. The third kappa shape index (κ3) is 1.94. The van der Waals surface area contributed by atoms with E-state index in [2.05, 4.69) is 39.8 Å². The monoisotopic (exact) mass is 220 g/mol. The Morgan fingerprint density at radius 1 is 1.38 bits per heavy atom. The van der Waals surface area contributed by atoms with Gasteiger partial charge in [0.05, 0.1) is 6.61 Å². The van der Waals surface area contributed by atoms with Crippen LogP contribution in [0.3, 0.4) is 0 Å². The second-order valence-electron chi connectivity index (χ2n) is 5.90. The number of hydrogen-bond acceptors (Lipinski definition) is 2. The third-order valence-electron chi connectivity index (χ3n) is 3.24. The van der Waals surface area contributed by atoms with Crippen LogP contribution in [-0.2, 0) is 11.8 Å². The Bertz CT molecular complexity index is 405. The van der Waals surface area contributed by atoms with Crippen LogP contribution in [0.15, 0.2) is 18.2 Å². The van der Waals surface area contributed by atoms with E-state index in [1.165, 1.54) is 11.1 Å². The molecule has 1 aromatic rings. The van der Waals surface area contributed by atoms with Crippen LogP contribution >= 0.6 is 0 Å². The Morgan fingerprint density at radius 3 is 2.69 bits per heavy atom. The lowest BCUT2D eigenvalue weighted by molar-refractivity contribution is 0.138. The van der Waals surface area contributed by atoms with Gasteiger partial charge in [-0.05, 0) is 31.0 Å². The normalized spacial score (nSPS) is 18.1. The van der Waals surface area contributed by atoms with Gasteiger partial charge in [-0.25, -0.2) is 0 Å². The fourth-order valence-corrected chi connectivity index (χ4v) is 2.12. The summed E-state index contributed by atoms with van der Waals surface area (Å²) in [5.41, 5.74) is 2.16. The fraction of sp³-hybridized carbons (Fsp3) is 0.571. The summed E-state index contributed by atoms with van der Waals surface area (Å²) in [5, 5.41) is 9.37. The number of ether oxygens (including phenoxy) is 1. The van der Waals surface area contributed by atoms with Gasteiger partial charge in [0, 0.05) is 11.8 Å². The Kier molecular flexibility index (Phi) is 2.50. The van der Waals surface area contributed by atoms with Crippen LogP contribution in [0.2, 0.25) is 0 Å². The number of aliphatic hydroxyl groups is 1. The lowest BCUT2D eigenvalue weighted by Crippen LogP contribution is -2.24. The number of hydrogen-bond donors (Lipinski definition) is 1. The molecule has 1 aromatic carbocycles. The SMILES string of the molecule is CC1(C)Cc2cc(C(C)(C)CO)ccc2O1. The maximum absolute atomic E-state index is 9.37. The summed E-state index contributed by atoms with van der Waals surface area (Å²) >= 11 is 0. The molecule has 0 fully saturated rings. The lowest BCUT2D eigenvalue weighted by Gasteiger charge is -2.22. The smallest absolute Gasteiger partial charge is 0.123 e. The summed E-state index contributed by atoms with van der Waals surface area (Å²) < 4.78 is 5.83. The summed E-state index contributed by atoms with van der Waals surface area (Å²) in [7, 11) is 0. The number of benzene rings is 1. The van der Waals surface area contributed by atoms with E-state index in [4.69, 9.17) is 4.74 Å². The van der Waals surface area contributed by atoms with Gasteiger partial charge in [-0.2, -0.15) is 0 Å². The minimum absolute atomic E-state index is 0.0929. The molecule has 88 valence electrons. The molecule has 0 spiro atoms. The van der Waals surface area contributed by atoms with Crippen molar-refractivity contribution in [1.29, 1.82) is 0 Å². The average molecular weight is 220 g/mol. The van der Waals surface area contributed by atoms with Crippen molar-refractivity contribution < 1.29 is 9.84 Å². The first kappa shape index (κ1) is 11.5. The minimum Gasteiger partial charge on any atom is -0.487 e. The zero-order chi connectivity index (χ0) is 12.0. The molecule has 2 rings (SSSR count). The largest absolute Gasteiger partial charge is 0.487 e. The highest BCUT2D eigenvalue weighted by Crippen LogP contribution is 2.37. The zero-order valence-corrected chi connectivity index (χ0v) is 10.5. The number of aliphatic hydroxyl groups excluding tert-OH is 1. The van der Waals surface area contributed by atoms with E-state index >= 15 is 0 Å². The van der Waals surface area contributed by atoms with Crippen LogP contribution in [-0.4, -0.2) is 17.3 Å². The van der Waals surface area contributed by atoms with Gasteiger partial charge in [-0.1, -0.05) is 26.0 Å². The molecule has 0 unspecified atom stereocenters. The van der Waals surface area contributed by atoms with Crippen molar-refractivity contribution in [3.05, 3.63) is 29.3 Å². The van der Waals surface area contributed by atoms with E-state index < -0.39 is 0 Å². The van der Waals surface area contributed by atoms with Gasteiger partial charge in [-0.3, -0.25) is 0 Å². The highest BCUT2D eigenvalue weighted by molar-refractivity contribution is 5.43. The van der Waals surface area contributed by atoms with E-state index in [9.17, 15) is 5.11 Å². The molecule has 2 nitrogen and oxygen atoms in total. The van der Waals surface area contributed by atoms with Gasteiger partial charge in [0.25, 0.3) is 0 Å². The molecule has 0 saturated carbocycles. The quantitative estimate of drug-likeness (QED) is 0.830. The van der Waals surface area contributed by atoms with Crippen molar-refractivity contribution in [3.63, 3.8) is 0 Å². The van der Waals surface area contributed by atoms with Crippen molar-refractivity contribution in [2.75, 3.05) is 6.61 Å². The second-order valence-corrected chi connectivity index (χ2v) is 5.90. The van der Waals surface area contributed by atoms with E-state index in [0.717, 1.165) is 12.2 Å². The number of rotatable bonds is 2. The molecule has 0 atom stereocenters. The third-order valence-corrected chi connectivity index (χ3v) is 3.24. The lowest BCUT2D eigenvalue weighted by atomic mass is 9.84. The Balaban J connectivity index is 2.36. The predicted molar refractivity (Wildman–Crippen MR) is 65.0 cm³/mol. The van der Waals surface area contributed by atoms with Crippen LogP contribution in [0.25, 0.3) is 0 Å². The maximum Gasteiger partial charge on any atom is 0.123 e. The van der Waals surface area contributed by atoms with Crippen LogP contribution in [0, 0.1) is 0 Å². The molecule has 0 aliphatic carbocycles. The topological polar surface area (TPSA) is 29.5 Å². The van der Waals surface area contributed by atoms with Gasteiger partial charge in [0.1, 0.15) is 11.4 Å². The van der Waals surface area contributed by atoms with Crippen molar-refractivity contribution >= 4 is 0 Å². The second kappa shape index (κ2) is 3.49. The van der Waals surface area contributed by atoms with Crippen LogP contribution in [0.5, 0.6) is 5.75 Å². The molecule has 0 bridgehead atoms. The first-order chi connectivity index (χ1) is 7.34. The Hall–Kier alpha value is -1.02. The predicted octanol–water partition coefficient (Wildman–Crippen LogP) is 2.67. The molecule has 1 N–H and O–H groups in total. The summed E-state index contributed by atoms with van der Waals surface area (Å²) in [5.74, 6) is 0.988. The summed E-state index contributed by atoms with van der Waals surface area (Å²) in [6.07, 6.45) is 0.942. The standard InChI is InChI=1S/C14H20O2/c1-13(2,9-15)11-5-6-12-10(7-11)8-14(3,4)16-12/h5-7,15H,8-9H2,1-4H3. The highest BCUT2D eigenvalue weighted by Gasteiger charge is 2.31. The van der Waals surface area contributed by atoms with Crippen molar-refractivity contribution in [3.8, 4) is 5.75 Å². The summed E-state index contributed by atoms with van der Waals surface area (Å²) in [6, 6.07) is 6.24. The molecule has 1 aliphatic rings. The highest BCUT2D eigenvalue weighted by atomic mass is 16.5. The van der Waals surface area contributed by atoms with E-state index in [0.29, 0.717) is 0 Å².